The number of Topliss-reactive ketones (excluding diaryl/α,β-unsaturated/α-hetero) is 1. The molecule has 158 valence electrons. The van der Waals surface area contributed by atoms with Crippen molar-refractivity contribution in [3.05, 3.63) is 63.7 Å². The Hall–Kier alpha value is -2.99. The third-order valence-electron chi connectivity index (χ3n) is 5.09. The number of ether oxygens (including phenoxy) is 2. The lowest BCUT2D eigenvalue weighted by molar-refractivity contribution is -0.139. The van der Waals surface area contributed by atoms with Crippen LogP contribution in [0, 0.1) is 6.92 Å². The molecule has 30 heavy (non-hydrogen) atoms. The number of para-hydroxylation sites is 1. The quantitative estimate of drug-likeness (QED) is 0.415. The molecule has 1 fully saturated rings. The van der Waals surface area contributed by atoms with Crippen LogP contribution in [0.1, 0.15) is 36.1 Å². The van der Waals surface area contributed by atoms with Gasteiger partial charge < -0.3 is 19.5 Å². The maximum atomic E-state index is 13.0. The molecule has 1 aliphatic rings. The molecule has 0 aliphatic carbocycles. The summed E-state index contributed by atoms with van der Waals surface area (Å²) in [6, 6.07) is 9.73. The van der Waals surface area contributed by atoms with Crippen LogP contribution in [0.4, 0.5) is 0 Å². The Kier molecular flexibility index (Phi) is 6.37. The van der Waals surface area contributed by atoms with Gasteiger partial charge in [0.2, 0.25) is 0 Å². The Bertz CT molecular complexity index is 1030. The second-order valence-electron chi connectivity index (χ2n) is 7.06. The van der Waals surface area contributed by atoms with Crippen molar-refractivity contribution in [3.8, 4) is 11.5 Å². The molecule has 2 aromatic rings. The summed E-state index contributed by atoms with van der Waals surface area (Å²) < 4.78 is 10.8. The monoisotopic (exact) mass is 429 g/mol. The molecule has 0 bridgehead atoms. The first-order valence-corrected chi connectivity index (χ1v) is 9.99. The number of rotatable bonds is 6. The highest BCUT2D eigenvalue weighted by Gasteiger charge is 2.47. The van der Waals surface area contributed by atoms with Gasteiger partial charge in [-0.2, -0.15) is 0 Å². The maximum absolute atomic E-state index is 13.0. The van der Waals surface area contributed by atoms with Crippen molar-refractivity contribution >= 4 is 29.1 Å². The minimum Gasteiger partial charge on any atom is -0.507 e. The Morgan fingerprint density at radius 2 is 1.87 bits per heavy atom. The van der Waals surface area contributed by atoms with E-state index >= 15 is 0 Å². The van der Waals surface area contributed by atoms with Crippen LogP contribution in [-0.4, -0.2) is 42.5 Å². The van der Waals surface area contributed by atoms with Crippen LogP contribution in [0.3, 0.4) is 0 Å². The van der Waals surface area contributed by atoms with Crippen molar-refractivity contribution < 1.29 is 24.2 Å². The van der Waals surface area contributed by atoms with Gasteiger partial charge in [0, 0.05) is 12.1 Å². The largest absolute Gasteiger partial charge is 0.507 e. The maximum Gasteiger partial charge on any atom is 0.295 e. The molecule has 1 saturated heterocycles. The van der Waals surface area contributed by atoms with E-state index in [0.717, 1.165) is 5.56 Å². The number of carbonyl (C=O) groups excluding carboxylic acids is 2. The molecule has 1 unspecified atom stereocenters. The van der Waals surface area contributed by atoms with E-state index < -0.39 is 17.7 Å². The summed E-state index contributed by atoms with van der Waals surface area (Å²) in [4.78, 5) is 27.3. The van der Waals surface area contributed by atoms with E-state index in [9.17, 15) is 14.7 Å². The van der Waals surface area contributed by atoms with Crippen molar-refractivity contribution in [2.45, 2.75) is 26.3 Å². The van der Waals surface area contributed by atoms with Crippen LogP contribution >= 0.6 is 11.6 Å². The number of aliphatic hydroxyl groups is 1. The summed E-state index contributed by atoms with van der Waals surface area (Å²) in [5.41, 5.74) is 1.64. The number of likely N-dealkylation sites (tertiary alicyclic amines) is 1. The standard InChI is InChI=1S/C23H24ClNO5/c1-5-10-25-19(14-8-6-7-9-17(14)29-3)18(21(27)23(25)28)20(26)15-11-13(2)12-16(24)22(15)30-4/h6-9,11-12,19,26H,5,10H2,1-4H3/b20-18+. The smallest absolute Gasteiger partial charge is 0.295 e. The van der Waals surface area contributed by atoms with E-state index in [4.69, 9.17) is 21.1 Å². The molecule has 1 heterocycles. The number of aliphatic hydroxyl groups excluding tert-OH is 1. The number of aryl methyl sites for hydroxylation is 1. The van der Waals surface area contributed by atoms with Crippen molar-refractivity contribution in [1.29, 1.82) is 0 Å². The summed E-state index contributed by atoms with van der Waals surface area (Å²) in [5, 5.41) is 11.6. The summed E-state index contributed by atoms with van der Waals surface area (Å²) in [6.45, 7) is 4.09. The average Bonchev–Trinajstić information content (AvgIpc) is 2.97. The Balaban J connectivity index is 2.32. The van der Waals surface area contributed by atoms with E-state index in [2.05, 4.69) is 0 Å². The second kappa shape index (κ2) is 8.79. The van der Waals surface area contributed by atoms with E-state index in [0.29, 0.717) is 29.3 Å². The van der Waals surface area contributed by atoms with Crippen LogP contribution in [0.15, 0.2) is 42.0 Å². The van der Waals surface area contributed by atoms with Gasteiger partial charge >= 0.3 is 0 Å². The fourth-order valence-electron chi connectivity index (χ4n) is 3.82. The molecule has 0 aromatic heterocycles. The number of hydrogen-bond donors (Lipinski definition) is 1. The highest BCUT2D eigenvalue weighted by Crippen LogP contribution is 2.44. The summed E-state index contributed by atoms with van der Waals surface area (Å²) >= 11 is 6.29. The predicted molar refractivity (Wildman–Crippen MR) is 115 cm³/mol. The molecule has 7 heteroatoms. The van der Waals surface area contributed by atoms with Crippen molar-refractivity contribution in [2.24, 2.45) is 0 Å². The van der Waals surface area contributed by atoms with E-state index in [1.807, 2.05) is 13.8 Å². The molecule has 1 amide bonds. The Morgan fingerprint density at radius 1 is 1.17 bits per heavy atom. The lowest BCUT2D eigenvalue weighted by Gasteiger charge is -2.26. The SMILES string of the molecule is CCCN1C(=O)C(=O)/C(=C(/O)c2cc(C)cc(Cl)c2OC)C1c1ccccc1OC. The van der Waals surface area contributed by atoms with Gasteiger partial charge in [-0.15, -0.1) is 0 Å². The lowest BCUT2D eigenvalue weighted by Crippen LogP contribution is -2.30. The molecule has 6 nitrogen and oxygen atoms in total. The molecule has 1 atom stereocenters. The van der Waals surface area contributed by atoms with Crippen LogP contribution < -0.4 is 9.47 Å². The number of amides is 1. The van der Waals surface area contributed by atoms with E-state index in [-0.39, 0.29) is 22.6 Å². The summed E-state index contributed by atoms with van der Waals surface area (Å²) in [6.07, 6.45) is 0.651. The number of ketones is 1. The van der Waals surface area contributed by atoms with Crippen LogP contribution in [0.5, 0.6) is 11.5 Å². The number of hydrogen-bond acceptors (Lipinski definition) is 5. The van der Waals surface area contributed by atoms with Gasteiger partial charge in [-0.3, -0.25) is 9.59 Å². The molecule has 0 radical (unpaired) electrons. The number of carbonyl (C=O) groups is 2. The molecule has 3 rings (SSSR count). The average molecular weight is 430 g/mol. The molecular formula is C23H24ClNO5. The predicted octanol–water partition coefficient (Wildman–Crippen LogP) is 4.50. The fourth-order valence-corrected chi connectivity index (χ4v) is 4.18. The van der Waals surface area contributed by atoms with Crippen LogP contribution in [-0.2, 0) is 9.59 Å². The van der Waals surface area contributed by atoms with Crippen molar-refractivity contribution in [2.75, 3.05) is 20.8 Å². The topological polar surface area (TPSA) is 76.1 Å². The van der Waals surface area contributed by atoms with Crippen molar-refractivity contribution in [1.82, 2.24) is 4.90 Å². The first-order chi connectivity index (χ1) is 14.3. The zero-order valence-corrected chi connectivity index (χ0v) is 18.1. The fraction of sp³-hybridized carbons (Fsp3) is 0.304. The molecule has 1 N–H and O–H groups in total. The molecule has 1 aliphatic heterocycles. The van der Waals surface area contributed by atoms with E-state index in [1.54, 1.807) is 36.4 Å². The number of benzene rings is 2. The third kappa shape index (κ3) is 3.63. The van der Waals surface area contributed by atoms with Crippen LogP contribution in [0.2, 0.25) is 5.02 Å². The molecule has 0 spiro atoms. The van der Waals surface area contributed by atoms with Gasteiger partial charge in [0.05, 0.1) is 36.4 Å². The van der Waals surface area contributed by atoms with Gasteiger partial charge in [-0.1, -0.05) is 36.7 Å². The van der Waals surface area contributed by atoms with Crippen LogP contribution in [0.25, 0.3) is 5.76 Å². The van der Waals surface area contributed by atoms with Gasteiger partial charge in [0.15, 0.2) is 0 Å². The molecular weight excluding hydrogens is 406 g/mol. The zero-order chi connectivity index (χ0) is 22.0. The number of nitrogens with zero attached hydrogens (tertiary/aromatic N) is 1. The Labute approximate surface area is 180 Å². The summed E-state index contributed by atoms with van der Waals surface area (Å²) in [5.74, 6) is -0.986. The highest BCUT2D eigenvalue weighted by molar-refractivity contribution is 6.46. The number of halogens is 1. The first-order valence-electron chi connectivity index (χ1n) is 9.61. The minimum atomic E-state index is -0.787. The summed E-state index contributed by atoms with van der Waals surface area (Å²) in [7, 11) is 2.95. The van der Waals surface area contributed by atoms with Gasteiger partial charge in [0.1, 0.15) is 17.3 Å². The van der Waals surface area contributed by atoms with Gasteiger partial charge in [-0.25, -0.2) is 0 Å². The zero-order valence-electron chi connectivity index (χ0n) is 17.4. The van der Waals surface area contributed by atoms with E-state index in [1.165, 1.54) is 19.1 Å². The molecule has 0 saturated carbocycles. The minimum absolute atomic E-state index is 0.0158. The van der Waals surface area contributed by atoms with Gasteiger partial charge in [0.25, 0.3) is 11.7 Å². The lowest BCUT2D eigenvalue weighted by atomic mass is 9.94. The van der Waals surface area contributed by atoms with Crippen molar-refractivity contribution in [3.63, 3.8) is 0 Å². The third-order valence-corrected chi connectivity index (χ3v) is 5.37. The number of methoxy groups -OCH3 is 2. The second-order valence-corrected chi connectivity index (χ2v) is 7.47. The first kappa shape index (κ1) is 21.7. The molecule has 2 aromatic carbocycles. The normalized spacial score (nSPS) is 18.0. The van der Waals surface area contributed by atoms with Gasteiger partial charge in [-0.05, 0) is 37.1 Å². The highest BCUT2D eigenvalue weighted by atomic mass is 35.5. The Morgan fingerprint density at radius 3 is 2.50 bits per heavy atom.